The van der Waals surface area contributed by atoms with E-state index in [2.05, 4.69) is 5.32 Å². The Hall–Kier alpha value is -1.12. The Morgan fingerprint density at radius 2 is 2.33 bits per heavy atom. The van der Waals surface area contributed by atoms with Crippen LogP contribution in [-0.4, -0.2) is 18.2 Å². The van der Waals surface area contributed by atoms with Crippen LogP contribution in [0.2, 0.25) is 0 Å². The topological polar surface area (TPSA) is 46.2 Å². The van der Waals surface area contributed by atoms with Crippen LogP contribution in [0.1, 0.15) is 20.3 Å². The maximum absolute atomic E-state index is 11.2. The molecule has 1 unspecified atom stereocenters. The minimum atomic E-state index is -0.331. The Balaban J connectivity index is 2.73. The van der Waals surface area contributed by atoms with E-state index in [4.69, 9.17) is 0 Å². The molecule has 0 aromatic heterocycles. The molecule has 0 bridgehead atoms. The number of hydrogen-bond donors (Lipinski definition) is 1. The number of hydrogen-bond acceptors (Lipinski definition) is 2. The molecule has 3 heteroatoms. The van der Waals surface area contributed by atoms with Crippen LogP contribution in [0.3, 0.4) is 0 Å². The van der Waals surface area contributed by atoms with Gasteiger partial charge in [0.2, 0.25) is 6.41 Å². The first-order chi connectivity index (χ1) is 5.55. The molecule has 66 valence electrons. The first kappa shape index (κ1) is 8.97. The van der Waals surface area contributed by atoms with Crippen LogP contribution in [0.15, 0.2) is 12.2 Å². The SMILES string of the molecule is CC1(C)C=CC(=O)C(NC=O)C1. The molecule has 0 saturated carbocycles. The van der Waals surface area contributed by atoms with E-state index in [0.29, 0.717) is 12.8 Å². The second-order valence-corrected chi connectivity index (χ2v) is 3.77. The van der Waals surface area contributed by atoms with Crippen molar-refractivity contribution >= 4 is 12.2 Å². The van der Waals surface area contributed by atoms with Crippen molar-refractivity contribution in [2.45, 2.75) is 26.3 Å². The average molecular weight is 167 g/mol. The Morgan fingerprint density at radius 1 is 1.67 bits per heavy atom. The molecule has 0 aromatic rings. The molecule has 1 amide bonds. The summed E-state index contributed by atoms with van der Waals surface area (Å²) in [7, 11) is 0. The van der Waals surface area contributed by atoms with Crippen LogP contribution in [-0.2, 0) is 9.59 Å². The lowest BCUT2D eigenvalue weighted by atomic mass is 9.80. The zero-order chi connectivity index (χ0) is 9.19. The predicted molar refractivity (Wildman–Crippen MR) is 45.5 cm³/mol. The van der Waals surface area contributed by atoms with Gasteiger partial charge in [-0.3, -0.25) is 9.59 Å². The van der Waals surface area contributed by atoms with Crippen molar-refractivity contribution in [3.8, 4) is 0 Å². The minimum absolute atomic E-state index is 0.00852. The van der Waals surface area contributed by atoms with Crippen molar-refractivity contribution in [1.29, 1.82) is 0 Å². The van der Waals surface area contributed by atoms with Crippen LogP contribution >= 0.6 is 0 Å². The van der Waals surface area contributed by atoms with Gasteiger partial charge < -0.3 is 5.32 Å². The van der Waals surface area contributed by atoms with Crippen molar-refractivity contribution in [3.63, 3.8) is 0 Å². The molecule has 0 aliphatic heterocycles. The van der Waals surface area contributed by atoms with Crippen LogP contribution in [0.4, 0.5) is 0 Å². The molecule has 1 rings (SSSR count). The van der Waals surface area contributed by atoms with Crippen LogP contribution in [0.5, 0.6) is 0 Å². The summed E-state index contributed by atoms with van der Waals surface area (Å²) in [6.45, 7) is 4.07. The molecule has 1 aliphatic carbocycles. The van der Waals surface area contributed by atoms with Gasteiger partial charge in [-0.1, -0.05) is 19.9 Å². The van der Waals surface area contributed by atoms with Crippen LogP contribution in [0, 0.1) is 5.41 Å². The number of carbonyl (C=O) groups is 2. The number of carbonyl (C=O) groups excluding carboxylic acids is 2. The summed E-state index contributed by atoms with van der Waals surface area (Å²) >= 11 is 0. The molecule has 0 aromatic carbocycles. The van der Waals surface area contributed by atoms with Gasteiger partial charge in [-0.05, 0) is 17.9 Å². The third-order valence-electron chi connectivity index (χ3n) is 2.04. The van der Waals surface area contributed by atoms with Gasteiger partial charge in [-0.25, -0.2) is 0 Å². The van der Waals surface area contributed by atoms with E-state index in [-0.39, 0.29) is 17.2 Å². The quantitative estimate of drug-likeness (QED) is 0.614. The third kappa shape index (κ3) is 1.94. The van der Waals surface area contributed by atoms with E-state index in [0.717, 1.165) is 0 Å². The van der Waals surface area contributed by atoms with Crippen molar-refractivity contribution in [2.75, 3.05) is 0 Å². The van der Waals surface area contributed by atoms with E-state index < -0.39 is 0 Å². The highest BCUT2D eigenvalue weighted by atomic mass is 16.1. The smallest absolute Gasteiger partial charge is 0.207 e. The molecular formula is C9H13NO2. The Bertz CT molecular complexity index is 231. The Labute approximate surface area is 71.8 Å². The highest BCUT2D eigenvalue weighted by molar-refractivity contribution is 5.96. The van der Waals surface area contributed by atoms with E-state index in [1.165, 1.54) is 0 Å². The van der Waals surface area contributed by atoms with Gasteiger partial charge in [0, 0.05) is 0 Å². The number of amides is 1. The molecule has 0 saturated heterocycles. The Morgan fingerprint density at radius 3 is 2.92 bits per heavy atom. The summed E-state index contributed by atoms with van der Waals surface area (Å²) < 4.78 is 0. The summed E-state index contributed by atoms with van der Waals surface area (Å²) in [4.78, 5) is 21.3. The maximum Gasteiger partial charge on any atom is 0.207 e. The molecule has 3 nitrogen and oxygen atoms in total. The fraction of sp³-hybridized carbons (Fsp3) is 0.556. The van der Waals surface area contributed by atoms with E-state index in [9.17, 15) is 9.59 Å². The molecule has 0 spiro atoms. The van der Waals surface area contributed by atoms with E-state index >= 15 is 0 Å². The third-order valence-corrected chi connectivity index (χ3v) is 2.04. The number of rotatable bonds is 2. The largest absolute Gasteiger partial charge is 0.348 e. The van der Waals surface area contributed by atoms with Gasteiger partial charge in [-0.15, -0.1) is 0 Å². The summed E-state index contributed by atoms with van der Waals surface area (Å²) in [6, 6.07) is -0.331. The van der Waals surface area contributed by atoms with E-state index in [1.54, 1.807) is 6.08 Å². The first-order valence-corrected chi connectivity index (χ1v) is 3.98. The zero-order valence-electron chi connectivity index (χ0n) is 7.33. The summed E-state index contributed by atoms with van der Waals surface area (Å²) in [5.41, 5.74) is 0.00852. The summed E-state index contributed by atoms with van der Waals surface area (Å²) in [6.07, 6.45) is 4.70. The lowest BCUT2D eigenvalue weighted by molar-refractivity contribution is -0.121. The lowest BCUT2D eigenvalue weighted by Crippen LogP contribution is -2.40. The molecule has 0 fully saturated rings. The van der Waals surface area contributed by atoms with Crippen LogP contribution < -0.4 is 5.32 Å². The zero-order valence-corrected chi connectivity index (χ0v) is 7.33. The average Bonchev–Trinajstić information content (AvgIpc) is 1.97. The number of ketones is 1. The van der Waals surface area contributed by atoms with Crippen molar-refractivity contribution in [2.24, 2.45) is 5.41 Å². The highest BCUT2D eigenvalue weighted by Gasteiger charge is 2.28. The highest BCUT2D eigenvalue weighted by Crippen LogP contribution is 2.27. The number of allylic oxidation sites excluding steroid dienone is 1. The summed E-state index contributed by atoms with van der Waals surface area (Å²) in [5.74, 6) is -0.0126. The Kier molecular flexibility index (Phi) is 2.31. The lowest BCUT2D eigenvalue weighted by Gasteiger charge is -2.28. The van der Waals surface area contributed by atoms with Gasteiger partial charge in [0.15, 0.2) is 5.78 Å². The second-order valence-electron chi connectivity index (χ2n) is 3.77. The van der Waals surface area contributed by atoms with Crippen molar-refractivity contribution < 1.29 is 9.59 Å². The normalized spacial score (nSPS) is 26.8. The van der Waals surface area contributed by atoms with Gasteiger partial charge in [0.1, 0.15) is 0 Å². The van der Waals surface area contributed by atoms with E-state index in [1.807, 2.05) is 19.9 Å². The number of nitrogens with one attached hydrogen (secondary N) is 1. The fourth-order valence-corrected chi connectivity index (χ4v) is 1.34. The molecule has 1 atom stereocenters. The van der Waals surface area contributed by atoms with Crippen molar-refractivity contribution in [3.05, 3.63) is 12.2 Å². The molecule has 12 heavy (non-hydrogen) atoms. The summed E-state index contributed by atoms with van der Waals surface area (Å²) in [5, 5.41) is 2.51. The van der Waals surface area contributed by atoms with Gasteiger partial charge in [-0.2, -0.15) is 0 Å². The van der Waals surface area contributed by atoms with Gasteiger partial charge in [0.05, 0.1) is 6.04 Å². The fourth-order valence-electron chi connectivity index (χ4n) is 1.34. The minimum Gasteiger partial charge on any atom is -0.348 e. The second kappa shape index (κ2) is 3.09. The van der Waals surface area contributed by atoms with Crippen LogP contribution in [0.25, 0.3) is 0 Å². The molecule has 1 N–H and O–H groups in total. The van der Waals surface area contributed by atoms with Crippen molar-refractivity contribution in [1.82, 2.24) is 5.32 Å². The van der Waals surface area contributed by atoms with Gasteiger partial charge >= 0.3 is 0 Å². The monoisotopic (exact) mass is 167 g/mol. The predicted octanol–water partition coefficient (Wildman–Crippen LogP) is 0.656. The molecule has 0 heterocycles. The van der Waals surface area contributed by atoms with Gasteiger partial charge in [0.25, 0.3) is 0 Å². The molecule has 1 aliphatic rings. The first-order valence-electron chi connectivity index (χ1n) is 3.98. The molecular weight excluding hydrogens is 154 g/mol. The standard InChI is InChI=1S/C9H13NO2/c1-9(2)4-3-8(12)7(5-9)10-6-11/h3-4,6-7H,5H2,1-2H3,(H,10,11). The molecule has 0 radical (unpaired) electrons. The maximum atomic E-state index is 11.2.